The van der Waals surface area contributed by atoms with Gasteiger partial charge in [-0.1, -0.05) is 23.7 Å². The van der Waals surface area contributed by atoms with Gasteiger partial charge in [-0.15, -0.1) is 0 Å². The maximum Gasteiger partial charge on any atom is 0.142 e. The quantitative estimate of drug-likeness (QED) is 0.867. The third-order valence-electron chi connectivity index (χ3n) is 2.52. The summed E-state index contributed by atoms with van der Waals surface area (Å²) >= 11 is 5.60. The molecule has 0 aliphatic heterocycles. The lowest BCUT2D eigenvalue weighted by molar-refractivity contribution is 0.611. The molecular weight excluding hydrogens is 244 g/mol. The third-order valence-corrected chi connectivity index (χ3v) is 2.83. The van der Waals surface area contributed by atoms with E-state index in [4.69, 9.17) is 17.3 Å². The number of hydrogen-bond donors (Lipinski definition) is 1. The monoisotopic (exact) mass is 253 g/mol. The highest BCUT2D eigenvalue weighted by Crippen LogP contribution is 2.25. The summed E-state index contributed by atoms with van der Waals surface area (Å²) in [5.41, 5.74) is 7.17. The highest BCUT2D eigenvalue weighted by molar-refractivity contribution is 6.30. The summed E-state index contributed by atoms with van der Waals surface area (Å²) in [7, 11) is 0. The molecule has 0 fully saturated rings. The second kappa shape index (κ2) is 4.82. The zero-order valence-corrected chi connectivity index (χ0v) is 9.64. The lowest BCUT2D eigenvalue weighted by Gasteiger charge is -2.06. The van der Waals surface area contributed by atoms with Gasteiger partial charge >= 0.3 is 0 Å². The number of rotatable bonds is 2. The van der Waals surface area contributed by atoms with Crippen molar-refractivity contribution in [2.45, 2.75) is 6.54 Å². The van der Waals surface area contributed by atoms with Gasteiger partial charge in [-0.2, -0.15) is 0 Å². The van der Waals surface area contributed by atoms with Gasteiger partial charge in [0.05, 0.1) is 5.02 Å². The molecule has 0 atom stereocenters. The molecule has 88 valence electrons. The Morgan fingerprint density at radius 1 is 0.941 bits per heavy atom. The first kappa shape index (κ1) is 12.0. The highest BCUT2D eigenvalue weighted by Gasteiger charge is 2.06. The molecule has 1 nitrogen and oxygen atoms in total. The van der Waals surface area contributed by atoms with E-state index in [1.807, 2.05) is 0 Å². The molecule has 0 aromatic heterocycles. The maximum absolute atomic E-state index is 13.3. The summed E-state index contributed by atoms with van der Waals surface area (Å²) in [6.07, 6.45) is 0. The van der Waals surface area contributed by atoms with Crippen LogP contribution in [0.4, 0.5) is 8.78 Å². The van der Waals surface area contributed by atoms with E-state index in [-0.39, 0.29) is 17.4 Å². The molecule has 2 aromatic rings. The zero-order chi connectivity index (χ0) is 12.4. The van der Waals surface area contributed by atoms with Gasteiger partial charge in [0.1, 0.15) is 11.6 Å². The van der Waals surface area contributed by atoms with Gasteiger partial charge in [0.2, 0.25) is 0 Å². The standard InChI is InChI=1S/C13H10ClF2N/c14-11-3-1-9(6-13(11)16)8-2-4-12(15)10(5-8)7-17/h1-6H,7,17H2. The van der Waals surface area contributed by atoms with E-state index in [1.54, 1.807) is 18.2 Å². The SMILES string of the molecule is NCc1cc(-c2ccc(Cl)c(F)c2)ccc1F. The molecule has 0 saturated heterocycles. The normalized spacial score (nSPS) is 10.6. The maximum atomic E-state index is 13.3. The topological polar surface area (TPSA) is 26.0 Å². The Kier molecular flexibility index (Phi) is 3.41. The fraction of sp³-hybridized carbons (Fsp3) is 0.0769. The van der Waals surface area contributed by atoms with Crippen LogP contribution < -0.4 is 5.73 Å². The predicted molar refractivity (Wildman–Crippen MR) is 64.7 cm³/mol. The Bertz CT molecular complexity index is 555. The molecule has 2 N–H and O–H groups in total. The Balaban J connectivity index is 2.49. The van der Waals surface area contributed by atoms with Crippen LogP contribution in [-0.2, 0) is 6.54 Å². The van der Waals surface area contributed by atoms with E-state index < -0.39 is 5.82 Å². The first-order chi connectivity index (χ1) is 8.11. The van der Waals surface area contributed by atoms with Gasteiger partial charge in [0.25, 0.3) is 0 Å². The van der Waals surface area contributed by atoms with Crippen molar-refractivity contribution in [1.29, 1.82) is 0 Å². The Hall–Kier alpha value is -1.45. The van der Waals surface area contributed by atoms with E-state index in [1.165, 1.54) is 18.2 Å². The van der Waals surface area contributed by atoms with Crippen molar-refractivity contribution in [1.82, 2.24) is 0 Å². The molecular formula is C13H10ClF2N. The minimum absolute atomic E-state index is 0.0647. The van der Waals surface area contributed by atoms with Crippen molar-refractivity contribution in [2.75, 3.05) is 0 Å². The van der Waals surface area contributed by atoms with Crippen LogP contribution in [-0.4, -0.2) is 0 Å². The summed E-state index contributed by atoms with van der Waals surface area (Å²) in [6.45, 7) is 0.107. The van der Waals surface area contributed by atoms with Crippen LogP contribution in [0.15, 0.2) is 36.4 Å². The van der Waals surface area contributed by atoms with E-state index in [0.717, 1.165) is 0 Å². The van der Waals surface area contributed by atoms with Gasteiger partial charge in [-0.05, 0) is 35.4 Å². The lowest BCUT2D eigenvalue weighted by Crippen LogP contribution is -1.99. The highest BCUT2D eigenvalue weighted by atomic mass is 35.5. The molecule has 0 bridgehead atoms. The smallest absolute Gasteiger partial charge is 0.142 e. The number of benzene rings is 2. The van der Waals surface area contributed by atoms with Gasteiger partial charge in [0.15, 0.2) is 0 Å². The average Bonchev–Trinajstić information content (AvgIpc) is 2.33. The lowest BCUT2D eigenvalue weighted by atomic mass is 10.0. The second-order valence-corrected chi connectivity index (χ2v) is 4.05. The van der Waals surface area contributed by atoms with E-state index in [0.29, 0.717) is 16.7 Å². The summed E-state index contributed by atoms with van der Waals surface area (Å²) in [5.74, 6) is -0.853. The van der Waals surface area contributed by atoms with Gasteiger partial charge in [-0.3, -0.25) is 0 Å². The molecule has 0 radical (unpaired) electrons. The minimum Gasteiger partial charge on any atom is -0.326 e. The van der Waals surface area contributed by atoms with Gasteiger partial charge < -0.3 is 5.73 Å². The van der Waals surface area contributed by atoms with Crippen LogP contribution >= 0.6 is 11.6 Å². The molecule has 17 heavy (non-hydrogen) atoms. The number of hydrogen-bond acceptors (Lipinski definition) is 1. The van der Waals surface area contributed by atoms with Crippen LogP contribution in [0.3, 0.4) is 0 Å². The van der Waals surface area contributed by atoms with Crippen molar-refractivity contribution in [3.63, 3.8) is 0 Å². The summed E-state index contributed by atoms with van der Waals surface area (Å²) in [6, 6.07) is 8.98. The molecule has 0 unspecified atom stereocenters. The molecule has 0 saturated carbocycles. The Labute approximate surface area is 103 Å². The molecule has 0 amide bonds. The van der Waals surface area contributed by atoms with E-state index in [9.17, 15) is 8.78 Å². The largest absolute Gasteiger partial charge is 0.326 e. The molecule has 2 aromatic carbocycles. The average molecular weight is 254 g/mol. The zero-order valence-electron chi connectivity index (χ0n) is 8.88. The first-order valence-corrected chi connectivity index (χ1v) is 5.43. The Morgan fingerprint density at radius 2 is 1.59 bits per heavy atom. The predicted octanol–water partition coefficient (Wildman–Crippen LogP) is 3.74. The van der Waals surface area contributed by atoms with Crippen LogP contribution in [0.25, 0.3) is 11.1 Å². The van der Waals surface area contributed by atoms with Gasteiger partial charge in [-0.25, -0.2) is 8.78 Å². The molecule has 0 aliphatic rings. The van der Waals surface area contributed by atoms with Crippen molar-refractivity contribution < 1.29 is 8.78 Å². The molecule has 0 heterocycles. The van der Waals surface area contributed by atoms with E-state index in [2.05, 4.69) is 0 Å². The number of nitrogens with two attached hydrogens (primary N) is 1. The van der Waals surface area contributed by atoms with Crippen LogP contribution in [0.5, 0.6) is 0 Å². The third kappa shape index (κ3) is 2.46. The van der Waals surface area contributed by atoms with Gasteiger partial charge in [0, 0.05) is 12.1 Å². The van der Waals surface area contributed by atoms with Crippen molar-refractivity contribution in [3.05, 3.63) is 58.6 Å². The van der Waals surface area contributed by atoms with E-state index >= 15 is 0 Å². The summed E-state index contributed by atoms with van der Waals surface area (Å²) in [4.78, 5) is 0. The molecule has 2 rings (SSSR count). The van der Waals surface area contributed by atoms with Crippen LogP contribution in [0.1, 0.15) is 5.56 Å². The van der Waals surface area contributed by atoms with Crippen LogP contribution in [0.2, 0.25) is 5.02 Å². The summed E-state index contributed by atoms with van der Waals surface area (Å²) in [5, 5.41) is 0.0647. The summed E-state index contributed by atoms with van der Waals surface area (Å²) < 4.78 is 26.5. The minimum atomic E-state index is -0.497. The number of halogens is 3. The van der Waals surface area contributed by atoms with Crippen LogP contribution in [0, 0.1) is 11.6 Å². The molecule has 0 spiro atoms. The van der Waals surface area contributed by atoms with Crippen molar-refractivity contribution >= 4 is 11.6 Å². The second-order valence-electron chi connectivity index (χ2n) is 3.64. The first-order valence-electron chi connectivity index (χ1n) is 5.05. The Morgan fingerprint density at radius 3 is 2.24 bits per heavy atom. The van der Waals surface area contributed by atoms with Crippen molar-refractivity contribution in [2.24, 2.45) is 5.73 Å². The molecule has 0 aliphatic carbocycles. The molecule has 4 heteroatoms. The van der Waals surface area contributed by atoms with Crippen molar-refractivity contribution in [3.8, 4) is 11.1 Å². The fourth-order valence-corrected chi connectivity index (χ4v) is 1.70. The fourth-order valence-electron chi connectivity index (χ4n) is 1.59.